The second-order valence-corrected chi connectivity index (χ2v) is 5.08. The summed E-state index contributed by atoms with van der Waals surface area (Å²) in [6.45, 7) is -0.103. The minimum atomic E-state index is -0.185. The number of likely N-dealkylation sites (N-methyl/N-ethyl adjacent to an activating group) is 1. The fraction of sp³-hybridized carbons (Fsp3) is 0.176. The third-order valence-electron chi connectivity index (χ3n) is 3.58. The van der Waals surface area contributed by atoms with Crippen LogP contribution in [0, 0.1) is 0 Å². The second-order valence-electron chi connectivity index (χ2n) is 5.08. The highest BCUT2D eigenvalue weighted by atomic mass is 16.5. The molecule has 132 valence electrons. The predicted octanol–water partition coefficient (Wildman–Crippen LogP) is 0.746. The van der Waals surface area contributed by atoms with Crippen molar-refractivity contribution in [1.29, 1.82) is 0 Å². The van der Waals surface area contributed by atoms with Crippen LogP contribution in [-0.2, 0) is 4.79 Å². The number of methoxy groups -OCH3 is 1. The Hall–Kier alpha value is -3.26. The van der Waals surface area contributed by atoms with Crippen molar-refractivity contribution in [1.82, 2.24) is 5.53 Å². The van der Waals surface area contributed by atoms with Crippen LogP contribution in [0.15, 0.2) is 48.5 Å². The lowest BCUT2D eigenvalue weighted by atomic mass is 10.3. The van der Waals surface area contributed by atoms with E-state index >= 15 is 0 Å². The predicted molar refractivity (Wildman–Crippen MR) is 95.8 cm³/mol. The van der Waals surface area contributed by atoms with E-state index in [-0.39, 0.29) is 12.5 Å². The first kappa shape index (κ1) is 18.1. The van der Waals surface area contributed by atoms with E-state index in [0.717, 1.165) is 11.4 Å². The number of rotatable bonds is 7. The highest BCUT2D eigenvalue weighted by molar-refractivity contribution is 5.93. The number of nitrogens with two attached hydrogens (primary N) is 2. The molecule has 2 rings (SSSR count). The molecule has 0 heterocycles. The van der Waals surface area contributed by atoms with Crippen LogP contribution in [0.1, 0.15) is 0 Å². The van der Waals surface area contributed by atoms with Gasteiger partial charge >= 0.3 is 0 Å². The van der Waals surface area contributed by atoms with E-state index in [9.17, 15) is 4.79 Å². The minimum Gasteiger partial charge on any atom is -0.497 e. The molecule has 0 aliphatic carbocycles. The van der Waals surface area contributed by atoms with Crippen molar-refractivity contribution in [3.8, 4) is 11.5 Å². The molecule has 8 nitrogen and oxygen atoms in total. The third kappa shape index (κ3) is 4.61. The monoisotopic (exact) mass is 344 g/mol. The van der Waals surface area contributed by atoms with Gasteiger partial charge in [0.15, 0.2) is 12.3 Å². The highest BCUT2D eigenvalue weighted by Crippen LogP contribution is 2.20. The van der Waals surface area contributed by atoms with Crippen LogP contribution < -0.4 is 31.5 Å². The molecule has 0 aliphatic rings. The molecule has 2 aromatic carbocycles. The van der Waals surface area contributed by atoms with E-state index in [0.29, 0.717) is 11.4 Å². The van der Waals surface area contributed by atoms with E-state index in [4.69, 9.17) is 21.1 Å². The highest BCUT2D eigenvalue weighted by Gasteiger charge is 2.12. The normalized spacial score (nSPS) is 10.9. The van der Waals surface area contributed by atoms with Gasteiger partial charge in [0, 0.05) is 18.8 Å². The van der Waals surface area contributed by atoms with Gasteiger partial charge in [0.2, 0.25) is 0 Å². The zero-order valence-electron chi connectivity index (χ0n) is 14.2. The summed E-state index contributed by atoms with van der Waals surface area (Å²) >= 11 is 0. The Morgan fingerprint density at radius 2 is 1.96 bits per heavy atom. The maximum atomic E-state index is 12.3. The summed E-state index contributed by atoms with van der Waals surface area (Å²) in [5.74, 6) is 6.43. The lowest BCUT2D eigenvalue weighted by molar-refractivity contribution is -0.505. The molecule has 0 fully saturated rings. The van der Waals surface area contributed by atoms with Crippen molar-refractivity contribution in [3.63, 3.8) is 0 Å². The van der Waals surface area contributed by atoms with Crippen LogP contribution >= 0.6 is 0 Å². The van der Waals surface area contributed by atoms with Gasteiger partial charge < -0.3 is 14.4 Å². The van der Waals surface area contributed by atoms with Gasteiger partial charge in [-0.25, -0.2) is 5.84 Å². The van der Waals surface area contributed by atoms with Crippen LogP contribution in [0.3, 0.4) is 0 Å². The molecule has 0 atom stereocenters. The number of anilines is 1. The maximum absolute atomic E-state index is 12.3. The van der Waals surface area contributed by atoms with Crippen molar-refractivity contribution < 1.29 is 19.0 Å². The number of carbonyl (C=O) groups is 1. The molecule has 0 saturated heterocycles. The zero-order valence-corrected chi connectivity index (χ0v) is 14.2. The molecule has 0 spiro atoms. The van der Waals surface area contributed by atoms with Gasteiger partial charge in [-0.3, -0.25) is 10.5 Å². The topological polar surface area (TPSA) is 106 Å². The van der Waals surface area contributed by atoms with Crippen molar-refractivity contribution in [2.24, 2.45) is 11.6 Å². The summed E-state index contributed by atoms with van der Waals surface area (Å²) in [6.07, 6.45) is 1.28. The first-order valence-electron chi connectivity index (χ1n) is 7.53. The van der Waals surface area contributed by atoms with E-state index in [1.807, 2.05) is 0 Å². The number of hydrogen-bond donors (Lipinski definition) is 3. The summed E-state index contributed by atoms with van der Waals surface area (Å²) in [5, 5.41) is 0. The van der Waals surface area contributed by atoms with Crippen molar-refractivity contribution in [2.45, 2.75) is 0 Å². The minimum absolute atomic E-state index is 0.103. The number of hydrogen-bond acceptors (Lipinski definition) is 5. The number of hydrazine groups is 2. The van der Waals surface area contributed by atoms with Gasteiger partial charge in [0.25, 0.3) is 12.2 Å². The lowest BCUT2D eigenvalue weighted by Gasteiger charge is -2.18. The third-order valence-corrected chi connectivity index (χ3v) is 3.58. The summed E-state index contributed by atoms with van der Waals surface area (Å²) in [7, 11) is 3.28. The SMILES string of the molecule is COc1ccc(N(C)C(=O)COc2cccc(/[N+](=C/N)NN)c2)cc1. The lowest BCUT2D eigenvalue weighted by Crippen LogP contribution is -2.34. The van der Waals surface area contributed by atoms with Crippen LogP contribution in [0.25, 0.3) is 0 Å². The quantitative estimate of drug-likeness (QED) is 0.225. The van der Waals surface area contributed by atoms with Crippen molar-refractivity contribution in [3.05, 3.63) is 48.5 Å². The molecular formula is C17H22N5O3+. The Kier molecular flexibility index (Phi) is 6.19. The number of benzene rings is 2. The second kappa shape index (κ2) is 8.55. The molecule has 8 heteroatoms. The molecule has 0 aromatic heterocycles. The van der Waals surface area contributed by atoms with Gasteiger partial charge in [-0.1, -0.05) is 6.07 Å². The first-order valence-corrected chi connectivity index (χ1v) is 7.53. The van der Waals surface area contributed by atoms with Gasteiger partial charge in [0.1, 0.15) is 11.5 Å². The molecule has 0 radical (unpaired) electrons. The summed E-state index contributed by atoms with van der Waals surface area (Å²) in [6, 6.07) is 14.2. The van der Waals surface area contributed by atoms with Gasteiger partial charge in [0.05, 0.1) is 7.11 Å². The van der Waals surface area contributed by atoms with E-state index < -0.39 is 0 Å². The van der Waals surface area contributed by atoms with Crippen LogP contribution in [-0.4, -0.2) is 37.7 Å². The van der Waals surface area contributed by atoms with Gasteiger partial charge in [-0.2, -0.15) is 5.53 Å². The number of ether oxygens (including phenoxy) is 2. The summed E-state index contributed by atoms with van der Waals surface area (Å²) in [5.41, 5.74) is 9.31. The zero-order chi connectivity index (χ0) is 18.2. The first-order chi connectivity index (χ1) is 12.1. The number of carbonyl (C=O) groups excluding carboxylic acids is 1. The Morgan fingerprint density at radius 1 is 1.24 bits per heavy atom. The van der Waals surface area contributed by atoms with Crippen molar-refractivity contribution >= 4 is 23.6 Å². The largest absolute Gasteiger partial charge is 0.497 e. The number of nitrogens with zero attached hydrogens (tertiary/aromatic N) is 2. The standard InChI is InChI=1S/C17H21N5O3/c1-21(13-6-8-15(24-2)9-7-13)17(23)11-25-16-5-3-4-14(10-16)22(12-18)20-19/h3-10,12,18,20H,11,19H2,1-2H3/p+1. The molecule has 5 N–H and O–H groups in total. The van der Waals surface area contributed by atoms with Crippen molar-refractivity contribution in [2.75, 3.05) is 25.7 Å². The molecule has 1 amide bonds. The van der Waals surface area contributed by atoms with Crippen LogP contribution in [0.5, 0.6) is 11.5 Å². The average Bonchev–Trinajstić information content (AvgIpc) is 2.67. The average molecular weight is 344 g/mol. The Labute approximate surface area is 146 Å². The van der Waals surface area contributed by atoms with Crippen LogP contribution in [0.2, 0.25) is 0 Å². The Balaban J connectivity index is 2.00. The number of nitrogens with one attached hydrogen (secondary N) is 1. The maximum Gasteiger partial charge on any atom is 0.264 e. The fourth-order valence-corrected chi connectivity index (χ4v) is 2.12. The smallest absolute Gasteiger partial charge is 0.264 e. The number of amides is 1. The van der Waals surface area contributed by atoms with Gasteiger partial charge in [-0.05, 0) is 36.4 Å². The molecule has 2 aromatic rings. The van der Waals surface area contributed by atoms with Gasteiger partial charge in [-0.15, -0.1) is 4.68 Å². The molecular weight excluding hydrogens is 322 g/mol. The molecule has 0 saturated carbocycles. The Morgan fingerprint density at radius 3 is 2.56 bits per heavy atom. The molecule has 25 heavy (non-hydrogen) atoms. The van der Waals surface area contributed by atoms with E-state index in [1.165, 1.54) is 15.9 Å². The van der Waals surface area contributed by atoms with Crippen LogP contribution in [0.4, 0.5) is 11.4 Å². The molecule has 0 aliphatic heterocycles. The molecule has 0 unspecified atom stereocenters. The number of hydrazone groups is 1. The van der Waals surface area contributed by atoms with E-state index in [1.54, 1.807) is 62.7 Å². The summed E-state index contributed by atoms with van der Waals surface area (Å²) < 4.78 is 12.1. The van der Waals surface area contributed by atoms with E-state index in [2.05, 4.69) is 5.53 Å². The Bertz CT molecular complexity index is 746. The molecule has 0 bridgehead atoms. The fourth-order valence-electron chi connectivity index (χ4n) is 2.12. The summed E-state index contributed by atoms with van der Waals surface area (Å²) in [4.78, 5) is 13.8.